The maximum absolute atomic E-state index is 12.6. The summed E-state index contributed by atoms with van der Waals surface area (Å²) < 4.78 is 37.0. The van der Waals surface area contributed by atoms with Crippen LogP contribution in [-0.4, -0.2) is 63.6 Å². The number of esters is 1. The highest BCUT2D eigenvalue weighted by Gasteiger charge is 2.26. The van der Waals surface area contributed by atoms with Crippen LogP contribution in [0, 0.1) is 0 Å². The van der Waals surface area contributed by atoms with E-state index >= 15 is 0 Å². The number of hydrogen-bond donors (Lipinski definition) is 1. The van der Waals surface area contributed by atoms with Gasteiger partial charge in [-0.3, -0.25) is 9.59 Å². The molecule has 1 heterocycles. The summed E-state index contributed by atoms with van der Waals surface area (Å²) in [4.78, 5) is 24.2. The van der Waals surface area contributed by atoms with Gasteiger partial charge < -0.3 is 14.8 Å². The van der Waals surface area contributed by atoms with E-state index in [1.807, 2.05) is 0 Å². The molecule has 2 aliphatic rings. The number of aryl methyl sites for hydroxylation is 1. The molecule has 172 valence electrons. The van der Waals surface area contributed by atoms with Crippen molar-refractivity contribution in [3.63, 3.8) is 0 Å². The quantitative estimate of drug-likeness (QED) is 0.478. The molecule has 31 heavy (non-hydrogen) atoms. The van der Waals surface area contributed by atoms with Crippen molar-refractivity contribution in [3.8, 4) is 0 Å². The lowest BCUT2D eigenvalue weighted by Crippen LogP contribution is -2.40. The maximum atomic E-state index is 12.6. The van der Waals surface area contributed by atoms with Crippen LogP contribution in [0.2, 0.25) is 0 Å². The largest absolute Gasteiger partial charge is 0.456 e. The van der Waals surface area contributed by atoms with Crippen LogP contribution in [0.4, 0.5) is 0 Å². The molecular weight excluding hydrogens is 420 g/mol. The van der Waals surface area contributed by atoms with Crippen molar-refractivity contribution in [1.82, 2.24) is 9.62 Å². The molecule has 0 bridgehead atoms. The third kappa shape index (κ3) is 7.29. The smallest absolute Gasteiger partial charge is 0.306 e. The van der Waals surface area contributed by atoms with Gasteiger partial charge in [-0.15, -0.1) is 0 Å². The molecule has 0 radical (unpaired) electrons. The minimum absolute atomic E-state index is 0.131. The molecule has 0 atom stereocenters. The fraction of sp³-hybridized carbons (Fsp3) is 0.636. The van der Waals surface area contributed by atoms with Crippen LogP contribution < -0.4 is 5.32 Å². The van der Waals surface area contributed by atoms with E-state index in [1.165, 1.54) is 17.1 Å². The van der Waals surface area contributed by atoms with Gasteiger partial charge in [0.2, 0.25) is 10.0 Å². The molecule has 1 N–H and O–H groups in total. The molecule has 2 fully saturated rings. The zero-order valence-electron chi connectivity index (χ0n) is 17.9. The lowest BCUT2D eigenvalue weighted by atomic mass is 10.1. The van der Waals surface area contributed by atoms with Crippen molar-refractivity contribution in [1.29, 1.82) is 0 Å². The summed E-state index contributed by atoms with van der Waals surface area (Å²) >= 11 is 0. The molecule has 0 spiro atoms. The standard InChI is InChI=1S/C22H32N2O6S/c25-21(23-19-5-3-1-2-4-6-19)17-30-22(26)12-9-18-7-10-20(11-8-18)31(27,28)24-13-15-29-16-14-24/h7-8,10-11,19H,1-6,9,12-17H2,(H,23,25). The summed E-state index contributed by atoms with van der Waals surface area (Å²) in [6.07, 6.45) is 7.18. The maximum Gasteiger partial charge on any atom is 0.306 e. The number of hydrogen-bond acceptors (Lipinski definition) is 6. The number of nitrogens with one attached hydrogen (secondary N) is 1. The van der Waals surface area contributed by atoms with Gasteiger partial charge in [0.1, 0.15) is 0 Å². The predicted octanol–water partition coefficient (Wildman–Crippen LogP) is 2.02. The summed E-state index contributed by atoms with van der Waals surface area (Å²) in [5, 5.41) is 2.95. The third-order valence-electron chi connectivity index (χ3n) is 5.73. The van der Waals surface area contributed by atoms with Crippen molar-refractivity contribution in [2.45, 2.75) is 62.3 Å². The zero-order valence-corrected chi connectivity index (χ0v) is 18.7. The SMILES string of the molecule is O=C(COC(=O)CCc1ccc(S(=O)(=O)N2CCOCC2)cc1)NC1CCCCCC1. The monoisotopic (exact) mass is 452 g/mol. The van der Waals surface area contributed by atoms with E-state index in [0.29, 0.717) is 32.7 Å². The van der Waals surface area contributed by atoms with E-state index < -0.39 is 16.0 Å². The van der Waals surface area contributed by atoms with Crippen LogP contribution in [0.5, 0.6) is 0 Å². The molecule has 1 amide bonds. The molecule has 3 rings (SSSR count). The first-order chi connectivity index (χ1) is 14.9. The molecule has 1 aromatic carbocycles. The van der Waals surface area contributed by atoms with Gasteiger partial charge in [-0.05, 0) is 37.0 Å². The molecule has 1 saturated heterocycles. The molecule has 1 aromatic rings. The van der Waals surface area contributed by atoms with E-state index in [2.05, 4.69) is 5.32 Å². The van der Waals surface area contributed by atoms with Crippen molar-refractivity contribution < 1.29 is 27.5 Å². The van der Waals surface area contributed by atoms with Crippen LogP contribution in [0.1, 0.15) is 50.5 Å². The van der Waals surface area contributed by atoms with Crippen molar-refractivity contribution in [2.75, 3.05) is 32.9 Å². The number of carbonyl (C=O) groups is 2. The Morgan fingerprint density at radius 2 is 1.68 bits per heavy atom. The van der Waals surface area contributed by atoms with Crippen molar-refractivity contribution in [3.05, 3.63) is 29.8 Å². The average Bonchev–Trinajstić information content (AvgIpc) is 3.06. The minimum atomic E-state index is -3.53. The van der Waals surface area contributed by atoms with Crippen molar-refractivity contribution >= 4 is 21.9 Å². The number of carbonyl (C=O) groups excluding carboxylic acids is 2. The number of amides is 1. The molecule has 1 aliphatic heterocycles. The van der Waals surface area contributed by atoms with Crippen molar-refractivity contribution in [2.24, 2.45) is 0 Å². The third-order valence-corrected chi connectivity index (χ3v) is 7.65. The van der Waals surface area contributed by atoms with E-state index in [4.69, 9.17) is 9.47 Å². The Bertz CT molecular complexity index is 826. The van der Waals surface area contributed by atoms with Gasteiger partial charge in [-0.1, -0.05) is 37.8 Å². The number of morpholine rings is 1. The normalized spacial score (nSPS) is 18.8. The summed E-state index contributed by atoms with van der Waals surface area (Å²) in [6, 6.07) is 6.72. The van der Waals surface area contributed by atoms with Gasteiger partial charge in [0.25, 0.3) is 5.91 Å². The predicted molar refractivity (Wildman–Crippen MR) is 115 cm³/mol. The van der Waals surface area contributed by atoms with Crippen LogP contribution in [0.25, 0.3) is 0 Å². The highest BCUT2D eigenvalue weighted by molar-refractivity contribution is 7.89. The topological polar surface area (TPSA) is 102 Å². The van der Waals surface area contributed by atoms with Crippen LogP contribution in [0.3, 0.4) is 0 Å². The molecular formula is C22H32N2O6S. The second-order valence-electron chi connectivity index (χ2n) is 8.08. The average molecular weight is 453 g/mol. The van der Waals surface area contributed by atoms with Crippen LogP contribution >= 0.6 is 0 Å². The Kier molecular flexibility index (Phi) is 8.86. The molecule has 1 saturated carbocycles. The fourth-order valence-electron chi connectivity index (χ4n) is 3.92. The zero-order chi connectivity index (χ0) is 22.1. The van der Waals surface area contributed by atoms with E-state index in [0.717, 1.165) is 31.2 Å². The number of sulfonamides is 1. The second kappa shape index (κ2) is 11.6. The Morgan fingerprint density at radius 3 is 2.32 bits per heavy atom. The van der Waals surface area contributed by atoms with E-state index in [1.54, 1.807) is 24.3 Å². The first-order valence-electron chi connectivity index (χ1n) is 11.1. The van der Waals surface area contributed by atoms with Gasteiger partial charge in [0.05, 0.1) is 18.1 Å². The molecule has 0 aromatic heterocycles. The lowest BCUT2D eigenvalue weighted by Gasteiger charge is -2.26. The highest BCUT2D eigenvalue weighted by atomic mass is 32.2. The Balaban J connectivity index is 1.40. The summed E-state index contributed by atoms with van der Waals surface area (Å²) in [7, 11) is -3.53. The van der Waals surface area contributed by atoms with Gasteiger partial charge >= 0.3 is 5.97 Å². The fourth-order valence-corrected chi connectivity index (χ4v) is 5.33. The van der Waals surface area contributed by atoms with Crippen LogP contribution in [-0.2, 0) is 35.5 Å². The summed E-state index contributed by atoms with van der Waals surface area (Å²) in [6.45, 7) is 1.25. The molecule has 9 heteroatoms. The molecule has 0 unspecified atom stereocenters. The number of ether oxygens (including phenoxy) is 2. The lowest BCUT2D eigenvalue weighted by molar-refractivity contribution is -0.148. The summed E-state index contributed by atoms with van der Waals surface area (Å²) in [5.74, 6) is -0.695. The van der Waals surface area contributed by atoms with Gasteiger partial charge in [0, 0.05) is 25.6 Å². The molecule has 8 nitrogen and oxygen atoms in total. The summed E-state index contributed by atoms with van der Waals surface area (Å²) in [5.41, 5.74) is 0.834. The first-order valence-corrected chi connectivity index (χ1v) is 12.5. The van der Waals surface area contributed by atoms with E-state index in [9.17, 15) is 18.0 Å². The second-order valence-corrected chi connectivity index (χ2v) is 10.0. The first kappa shape index (κ1) is 23.7. The highest BCUT2D eigenvalue weighted by Crippen LogP contribution is 2.19. The number of benzene rings is 1. The van der Waals surface area contributed by atoms with Crippen LogP contribution in [0.15, 0.2) is 29.2 Å². The molecule has 1 aliphatic carbocycles. The van der Waals surface area contributed by atoms with Gasteiger partial charge in [-0.2, -0.15) is 4.31 Å². The number of nitrogens with zero attached hydrogens (tertiary/aromatic N) is 1. The Morgan fingerprint density at radius 1 is 1.03 bits per heavy atom. The Hall–Kier alpha value is -1.97. The van der Waals surface area contributed by atoms with Gasteiger partial charge in [-0.25, -0.2) is 8.42 Å². The van der Waals surface area contributed by atoms with Gasteiger partial charge in [0.15, 0.2) is 6.61 Å². The number of rotatable bonds is 8. The van der Waals surface area contributed by atoms with E-state index in [-0.39, 0.29) is 29.9 Å². The Labute approximate surface area is 184 Å². The minimum Gasteiger partial charge on any atom is -0.456 e.